The number of hydrogen-bond acceptors (Lipinski definition) is 3. The van der Waals surface area contributed by atoms with Crippen molar-refractivity contribution in [3.05, 3.63) is 18.2 Å². The van der Waals surface area contributed by atoms with Gasteiger partial charge in [-0.2, -0.15) is 0 Å². The molecule has 0 bridgehead atoms. The van der Waals surface area contributed by atoms with E-state index in [4.69, 9.17) is 0 Å². The minimum atomic E-state index is 0.682. The predicted molar refractivity (Wildman–Crippen MR) is 72.4 cm³/mol. The van der Waals surface area contributed by atoms with E-state index < -0.39 is 0 Å². The Kier molecular flexibility index (Phi) is 3.66. The van der Waals surface area contributed by atoms with Gasteiger partial charge in [-0.3, -0.25) is 4.90 Å². The van der Waals surface area contributed by atoms with Gasteiger partial charge in [0.25, 0.3) is 0 Å². The smallest absolute Gasteiger partial charge is 0.122 e. The maximum absolute atomic E-state index is 4.46. The summed E-state index contributed by atoms with van der Waals surface area (Å²) < 4.78 is 2.29. The van der Waals surface area contributed by atoms with Crippen LogP contribution in [0.2, 0.25) is 0 Å². The van der Waals surface area contributed by atoms with Crippen LogP contribution < -0.4 is 5.32 Å². The quantitative estimate of drug-likeness (QED) is 0.830. The molecule has 1 aliphatic carbocycles. The van der Waals surface area contributed by atoms with Crippen molar-refractivity contribution in [2.75, 3.05) is 13.1 Å². The second-order valence-electron chi connectivity index (χ2n) is 5.63. The van der Waals surface area contributed by atoms with Gasteiger partial charge in [-0.15, -0.1) is 0 Å². The Labute approximate surface area is 109 Å². The Bertz CT molecular complexity index is 383. The first-order valence-electron chi connectivity index (χ1n) is 7.34. The number of aromatic nitrogens is 2. The number of nitrogens with one attached hydrogen (secondary N) is 1. The number of fused-ring (bicyclic) bond motifs is 1. The van der Waals surface area contributed by atoms with Gasteiger partial charge >= 0.3 is 0 Å². The Balaban J connectivity index is 1.59. The zero-order valence-corrected chi connectivity index (χ0v) is 11.3. The average molecular weight is 248 g/mol. The standard InChI is InChI=1S/C14H24N4/c1-2-3-13(10-16-12-4-5-12)18-9-8-17-7-6-15-14(17)11-18/h6-7,12-13,16H,2-5,8-11H2,1H3. The maximum atomic E-state index is 4.46. The summed E-state index contributed by atoms with van der Waals surface area (Å²) in [6.07, 6.45) is 9.34. The van der Waals surface area contributed by atoms with Gasteiger partial charge in [-0.25, -0.2) is 4.98 Å². The molecule has 0 saturated heterocycles. The monoisotopic (exact) mass is 248 g/mol. The van der Waals surface area contributed by atoms with Crippen LogP contribution in [0.5, 0.6) is 0 Å². The highest BCUT2D eigenvalue weighted by atomic mass is 15.3. The number of nitrogens with zero attached hydrogens (tertiary/aromatic N) is 3. The molecular formula is C14H24N4. The highest BCUT2D eigenvalue weighted by Gasteiger charge is 2.26. The lowest BCUT2D eigenvalue weighted by Gasteiger charge is -2.35. The van der Waals surface area contributed by atoms with Gasteiger partial charge < -0.3 is 9.88 Å². The molecule has 4 nitrogen and oxygen atoms in total. The Morgan fingerprint density at radius 3 is 3.11 bits per heavy atom. The maximum Gasteiger partial charge on any atom is 0.122 e. The van der Waals surface area contributed by atoms with Gasteiger partial charge in [0.15, 0.2) is 0 Å². The van der Waals surface area contributed by atoms with Crippen LogP contribution in [0.25, 0.3) is 0 Å². The fourth-order valence-corrected chi connectivity index (χ4v) is 2.84. The van der Waals surface area contributed by atoms with Crippen molar-refractivity contribution in [2.24, 2.45) is 0 Å². The first-order chi connectivity index (χ1) is 8.86. The molecule has 4 heteroatoms. The first kappa shape index (κ1) is 12.2. The van der Waals surface area contributed by atoms with E-state index in [1.807, 2.05) is 6.20 Å². The third-order valence-electron chi connectivity index (χ3n) is 4.13. The minimum Gasteiger partial charge on any atom is -0.333 e. The molecule has 1 unspecified atom stereocenters. The highest BCUT2D eigenvalue weighted by Crippen LogP contribution is 2.20. The second-order valence-corrected chi connectivity index (χ2v) is 5.63. The molecule has 0 spiro atoms. The summed E-state index contributed by atoms with van der Waals surface area (Å²) in [6, 6.07) is 1.50. The molecule has 18 heavy (non-hydrogen) atoms. The molecule has 1 saturated carbocycles. The van der Waals surface area contributed by atoms with Crippen molar-refractivity contribution in [3.8, 4) is 0 Å². The van der Waals surface area contributed by atoms with Crippen molar-refractivity contribution in [2.45, 2.75) is 57.8 Å². The molecule has 1 aromatic heterocycles. The summed E-state index contributed by atoms with van der Waals surface area (Å²) in [5.74, 6) is 1.23. The molecular weight excluding hydrogens is 224 g/mol. The summed E-state index contributed by atoms with van der Waals surface area (Å²) in [5, 5.41) is 3.69. The Hall–Kier alpha value is -0.870. The molecule has 0 aromatic carbocycles. The molecule has 0 radical (unpaired) electrons. The van der Waals surface area contributed by atoms with E-state index in [0.29, 0.717) is 6.04 Å². The van der Waals surface area contributed by atoms with Gasteiger partial charge in [-0.1, -0.05) is 13.3 Å². The SMILES string of the molecule is CCCC(CNC1CC1)N1CCn2ccnc2C1. The average Bonchev–Trinajstić information content (AvgIpc) is 3.10. The molecule has 1 atom stereocenters. The van der Waals surface area contributed by atoms with E-state index in [2.05, 4.69) is 32.9 Å². The van der Waals surface area contributed by atoms with E-state index in [-0.39, 0.29) is 0 Å². The Morgan fingerprint density at radius 1 is 1.44 bits per heavy atom. The third-order valence-corrected chi connectivity index (χ3v) is 4.13. The van der Waals surface area contributed by atoms with E-state index in [9.17, 15) is 0 Å². The van der Waals surface area contributed by atoms with Gasteiger partial charge in [0.2, 0.25) is 0 Å². The highest BCUT2D eigenvalue weighted by molar-refractivity contribution is 4.97. The predicted octanol–water partition coefficient (Wildman–Crippen LogP) is 1.62. The Morgan fingerprint density at radius 2 is 2.33 bits per heavy atom. The van der Waals surface area contributed by atoms with Crippen LogP contribution in [0.4, 0.5) is 0 Å². The van der Waals surface area contributed by atoms with Crippen LogP contribution in [0.15, 0.2) is 12.4 Å². The topological polar surface area (TPSA) is 33.1 Å². The first-order valence-corrected chi connectivity index (χ1v) is 7.34. The molecule has 2 aliphatic rings. The molecule has 3 rings (SSSR count). The van der Waals surface area contributed by atoms with Gasteiger partial charge in [0, 0.05) is 44.1 Å². The van der Waals surface area contributed by atoms with Crippen molar-refractivity contribution in [1.29, 1.82) is 0 Å². The molecule has 0 amide bonds. The fourth-order valence-electron chi connectivity index (χ4n) is 2.84. The lowest BCUT2D eigenvalue weighted by Crippen LogP contribution is -2.46. The van der Waals surface area contributed by atoms with E-state index in [1.165, 1.54) is 38.1 Å². The van der Waals surface area contributed by atoms with Gasteiger partial charge in [-0.05, 0) is 19.3 Å². The molecule has 1 aromatic rings. The van der Waals surface area contributed by atoms with Gasteiger partial charge in [0.1, 0.15) is 5.82 Å². The summed E-state index contributed by atoms with van der Waals surface area (Å²) in [7, 11) is 0. The normalized spacial score (nSPS) is 21.8. The summed E-state index contributed by atoms with van der Waals surface area (Å²) in [5.41, 5.74) is 0. The fraction of sp³-hybridized carbons (Fsp3) is 0.786. The van der Waals surface area contributed by atoms with E-state index in [1.54, 1.807) is 0 Å². The lowest BCUT2D eigenvalue weighted by atomic mass is 10.1. The molecule has 2 heterocycles. The third kappa shape index (κ3) is 2.75. The lowest BCUT2D eigenvalue weighted by molar-refractivity contribution is 0.141. The second kappa shape index (κ2) is 5.41. The number of imidazole rings is 1. The zero-order chi connectivity index (χ0) is 12.4. The van der Waals surface area contributed by atoms with Crippen LogP contribution >= 0.6 is 0 Å². The minimum absolute atomic E-state index is 0.682. The largest absolute Gasteiger partial charge is 0.333 e. The van der Waals surface area contributed by atoms with Crippen molar-refractivity contribution in [1.82, 2.24) is 19.8 Å². The summed E-state index contributed by atoms with van der Waals surface area (Å²) in [4.78, 5) is 7.07. The van der Waals surface area contributed by atoms with Gasteiger partial charge in [0.05, 0.1) is 6.54 Å². The molecule has 100 valence electrons. The number of rotatable bonds is 6. The van der Waals surface area contributed by atoms with Crippen LogP contribution in [-0.2, 0) is 13.1 Å². The van der Waals surface area contributed by atoms with Crippen LogP contribution in [-0.4, -0.2) is 39.6 Å². The van der Waals surface area contributed by atoms with Crippen LogP contribution in [0.1, 0.15) is 38.4 Å². The van der Waals surface area contributed by atoms with E-state index in [0.717, 1.165) is 25.7 Å². The van der Waals surface area contributed by atoms with Crippen molar-refractivity contribution >= 4 is 0 Å². The van der Waals surface area contributed by atoms with Crippen molar-refractivity contribution < 1.29 is 0 Å². The summed E-state index contributed by atoms with van der Waals surface area (Å²) >= 11 is 0. The van der Waals surface area contributed by atoms with Crippen LogP contribution in [0, 0.1) is 0 Å². The van der Waals surface area contributed by atoms with Crippen LogP contribution in [0.3, 0.4) is 0 Å². The molecule has 1 fully saturated rings. The van der Waals surface area contributed by atoms with E-state index >= 15 is 0 Å². The number of hydrogen-bond donors (Lipinski definition) is 1. The molecule has 1 N–H and O–H groups in total. The van der Waals surface area contributed by atoms with Crippen molar-refractivity contribution in [3.63, 3.8) is 0 Å². The summed E-state index contributed by atoms with van der Waals surface area (Å²) in [6.45, 7) is 6.72. The molecule has 1 aliphatic heterocycles. The zero-order valence-electron chi connectivity index (χ0n) is 11.3.